The van der Waals surface area contributed by atoms with Crippen molar-refractivity contribution in [3.63, 3.8) is 0 Å². The summed E-state index contributed by atoms with van der Waals surface area (Å²) in [7, 11) is 0.181. The van der Waals surface area contributed by atoms with E-state index in [1.54, 1.807) is 20.3 Å². The Kier molecular flexibility index (Phi) is 4.61. The Bertz CT molecular complexity index is 603. The predicted molar refractivity (Wildman–Crippen MR) is 80.9 cm³/mol. The summed E-state index contributed by atoms with van der Waals surface area (Å²) >= 11 is 3.43. The highest BCUT2D eigenvalue weighted by Crippen LogP contribution is 2.42. The van der Waals surface area contributed by atoms with E-state index in [4.69, 9.17) is 15.2 Å². The molecule has 2 N–H and O–H groups in total. The zero-order valence-corrected chi connectivity index (χ0v) is 13.8. The van der Waals surface area contributed by atoms with E-state index in [-0.39, 0.29) is 23.5 Å². The molecule has 0 bridgehead atoms. The molecule has 1 saturated heterocycles. The molecule has 1 heterocycles. The summed E-state index contributed by atoms with van der Waals surface area (Å²) in [4.78, 5) is 0. The summed E-state index contributed by atoms with van der Waals surface area (Å²) in [5.74, 6) is 1.53. The first kappa shape index (κ1) is 15.6. The lowest BCUT2D eigenvalue weighted by Crippen LogP contribution is -2.23. The summed E-state index contributed by atoms with van der Waals surface area (Å²) < 4.78 is 34.5. The van der Waals surface area contributed by atoms with Gasteiger partial charge in [-0.1, -0.05) is 0 Å². The van der Waals surface area contributed by atoms with Crippen LogP contribution in [0.3, 0.4) is 0 Å². The number of rotatable bonds is 4. The lowest BCUT2D eigenvalue weighted by atomic mass is 9.92. The van der Waals surface area contributed by atoms with Crippen LogP contribution in [-0.4, -0.2) is 34.1 Å². The molecule has 0 radical (unpaired) electrons. The predicted octanol–water partition coefficient (Wildman–Crippen LogP) is 1.90. The second-order valence-electron chi connectivity index (χ2n) is 4.89. The maximum atomic E-state index is 11.6. The van der Waals surface area contributed by atoms with Gasteiger partial charge in [-0.25, -0.2) is 8.42 Å². The van der Waals surface area contributed by atoms with Gasteiger partial charge in [-0.3, -0.25) is 0 Å². The first-order valence-corrected chi connectivity index (χ1v) is 8.87. The maximum Gasteiger partial charge on any atom is 0.150 e. The Morgan fingerprint density at radius 3 is 2.55 bits per heavy atom. The fraction of sp³-hybridized carbons (Fsp3) is 0.538. The molecule has 2 unspecified atom stereocenters. The van der Waals surface area contributed by atoms with E-state index >= 15 is 0 Å². The minimum Gasteiger partial charge on any atom is -0.495 e. The normalized spacial score (nSPS) is 22.5. The topological polar surface area (TPSA) is 78.6 Å². The van der Waals surface area contributed by atoms with E-state index < -0.39 is 9.84 Å². The zero-order valence-electron chi connectivity index (χ0n) is 11.4. The van der Waals surface area contributed by atoms with Crippen molar-refractivity contribution in [2.24, 2.45) is 11.7 Å². The van der Waals surface area contributed by atoms with Crippen LogP contribution < -0.4 is 15.2 Å². The molecule has 112 valence electrons. The van der Waals surface area contributed by atoms with Gasteiger partial charge in [0.2, 0.25) is 0 Å². The van der Waals surface area contributed by atoms with Crippen LogP contribution in [0, 0.1) is 5.92 Å². The molecule has 1 aromatic carbocycles. The van der Waals surface area contributed by atoms with Gasteiger partial charge in [0.15, 0.2) is 9.84 Å². The Morgan fingerprint density at radius 2 is 2.05 bits per heavy atom. The minimum absolute atomic E-state index is 0.0748. The second kappa shape index (κ2) is 5.91. The number of halogens is 1. The van der Waals surface area contributed by atoms with Gasteiger partial charge >= 0.3 is 0 Å². The molecule has 5 nitrogen and oxygen atoms in total. The molecule has 2 rings (SSSR count). The SMILES string of the molecule is COc1ccc(C(N)C2CCS(=O)(=O)C2)c(OC)c1Br. The molecule has 0 spiro atoms. The van der Waals surface area contributed by atoms with Gasteiger partial charge in [-0.15, -0.1) is 0 Å². The third kappa shape index (κ3) is 2.94. The van der Waals surface area contributed by atoms with Crippen LogP contribution >= 0.6 is 15.9 Å². The number of benzene rings is 1. The van der Waals surface area contributed by atoms with Gasteiger partial charge in [0, 0.05) is 11.6 Å². The van der Waals surface area contributed by atoms with E-state index in [1.165, 1.54) is 0 Å². The molecular formula is C13H18BrNO4S. The Balaban J connectivity index is 2.35. The van der Waals surface area contributed by atoms with Crippen LogP contribution in [0.15, 0.2) is 16.6 Å². The fourth-order valence-corrected chi connectivity index (χ4v) is 5.08. The fourth-order valence-electron chi connectivity index (χ4n) is 2.54. The first-order valence-electron chi connectivity index (χ1n) is 6.26. The summed E-state index contributed by atoms with van der Waals surface area (Å²) in [6, 6.07) is 3.26. The summed E-state index contributed by atoms with van der Waals surface area (Å²) in [5.41, 5.74) is 7.05. The second-order valence-corrected chi connectivity index (χ2v) is 7.91. The number of methoxy groups -OCH3 is 2. The Morgan fingerprint density at radius 1 is 1.35 bits per heavy atom. The molecule has 1 aliphatic rings. The highest BCUT2D eigenvalue weighted by atomic mass is 79.9. The number of hydrogen-bond acceptors (Lipinski definition) is 5. The van der Waals surface area contributed by atoms with Crippen molar-refractivity contribution in [1.29, 1.82) is 0 Å². The minimum atomic E-state index is -2.95. The zero-order chi connectivity index (χ0) is 14.9. The molecular weight excluding hydrogens is 346 g/mol. The van der Waals surface area contributed by atoms with E-state index in [2.05, 4.69) is 15.9 Å². The maximum absolute atomic E-state index is 11.6. The third-order valence-corrected chi connectivity index (χ3v) is 6.20. The molecule has 0 saturated carbocycles. The first-order chi connectivity index (χ1) is 9.39. The number of nitrogens with two attached hydrogens (primary N) is 1. The summed E-state index contributed by atoms with van der Waals surface area (Å²) in [6.07, 6.45) is 0.594. The molecule has 0 aromatic heterocycles. The largest absolute Gasteiger partial charge is 0.495 e. The van der Waals surface area contributed by atoms with E-state index in [0.29, 0.717) is 22.4 Å². The average Bonchev–Trinajstić information content (AvgIpc) is 2.78. The third-order valence-electron chi connectivity index (χ3n) is 3.65. The number of hydrogen-bond donors (Lipinski definition) is 1. The van der Waals surface area contributed by atoms with E-state index in [1.807, 2.05) is 6.07 Å². The van der Waals surface area contributed by atoms with Crippen molar-refractivity contribution in [3.05, 3.63) is 22.2 Å². The molecule has 0 amide bonds. The van der Waals surface area contributed by atoms with Gasteiger partial charge in [0.25, 0.3) is 0 Å². The van der Waals surface area contributed by atoms with Crippen LogP contribution in [-0.2, 0) is 9.84 Å². The van der Waals surface area contributed by atoms with Crippen molar-refractivity contribution in [2.75, 3.05) is 25.7 Å². The average molecular weight is 364 g/mol. The van der Waals surface area contributed by atoms with Gasteiger partial charge in [0.05, 0.1) is 25.7 Å². The standard InChI is InChI=1S/C13H18BrNO4S/c1-18-10-4-3-9(13(19-2)11(10)14)12(15)8-5-6-20(16,17)7-8/h3-4,8,12H,5-7,15H2,1-2H3. The van der Waals surface area contributed by atoms with Crippen LogP contribution in [0.2, 0.25) is 0 Å². The smallest absolute Gasteiger partial charge is 0.150 e. The van der Waals surface area contributed by atoms with Crippen molar-refractivity contribution >= 4 is 25.8 Å². The molecule has 0 aliphatic carbocycles. The highest BCUT2D eigenvalue weighted by molar-refractivity contribution is 9.10. The quantitative estimate of drug-likeness (QED) is 0.883. The summed E-state index contributed by atoms with van der Waals surface area (Å²) in [5, 5.41) is 0. The number of sulfone groups is 1. The van der Waals surface area contributed by atoms with Crippen LogP contribution in [0.5, 0.6) is 11.5 Å². The van der Waals surface area contributed by atoms with Crippen molar-refractivity contribution in [2.45, 2.75) is 12.5 Å². The Hall–Kier alpha value is -0.790. The van der Waals surface area contributed by atoms with E-state index in [9.17, 15) is 8.42 Å². The Labute approximate surface area is 127 Å². The van der Waals surface area contributed by atoms with Crippen molar-refractivity contribution in [3.8, 4) is 11.5 Å². The lowest BCUT2D eigenvalue weighted by Gasteiger charge is -2.22. The van der Waals surface area contributed by atoms with Crippen LogP contribution in [0.1, 0.15) is 18.0 Å². The molecule has 1 aliphatic heterocycles. The van der Waals surface area contributed by atoms with Crippen molar-refractivity contribution in [1.82, 2.24) is 0 Å². The molecule has 2 atom stereocenters. The van der Waals surface area contributed by atoms with Gasteiger partial charge < -0.3 is 15.2 Å². The van der Waals surface area contributed by atoms with Crippen LogP contribution in [0.4, 0.5) is 0 Å². The number of ether oxygens (including phenoxy) is 2. The molecule has 20 heavy (non-hydrogen) atoms. The van der Waals surface area contributed by atoms with E-state index in [0.717, 1.165) is 5.56 Å². The van der Waals surface area contributed by atoms with Gasteiger partial charge in [0.1, 0.15) is 16.0 Å². The molecule has 7 heteroatoms. The van der Waals surface area contributed by atoms with Crippen molar-refractivity contribution < 1.29 is 17.9 Å². The highest BCUT2D eigenvalue weighted by Gasteiger charge is 2.34. The van der Waals surface area contributed by atoms with Gasteiger partial charge in [-0.2, -0.15) is 0 Å². The molecule has 1 aromatic rings. The molecule has 1 fully saturated rings. The monoisotopic (exact) mass is 363 g/mol. The van der Waals surface area contributed by atoms with Gasteiger partial charge in [-0.05, 0) is 40.4 Å². The lowest BCUT2D eigenvalue weighted by molar-refractivity contribution is 0.375. The summed E-state index contributed by atoms with van der Waals surface area (Å²) in [6.45, 7) is 0. The van der Waals surface area contributed by atoms with Crippen LogP contribution in [0.25, 0.3) is 0 Å².